The largest absolute Gasteiger partial charge is 0.392 e. The summed E-state index contributed by atoms with van der Waals surface area (Å²) in [5.74, 6) is 0.457. The third-order valence-corrected chi connectivity index (χ3v) is 3.62. The highest BCUT2D eigenvalue weighted by Crippen LogP contribution is 2.28. The van der Waals surface area contributed by atoms with Gasteiger partial charge in [0, 0.05) is 12.1 Å². The van der Waals surface area contributed by atoms with E-state index in [0.29, 0.717) is 28.8 Å². The molecule has 1 aromatic heterocycles. The molecular formula is C16H18N4OS. The van der Waals surface area contributed by atoms with Crippen LogP contribution in [-0.4, -0.2) is 34.0 Å². The third kappa shape index (κ3) is 3.75. The molecule has 6 heteroatoms. The average Bonchev–Trinajstić information content (AvgIpc) is 2.52. The quantitative estimate of drug-likeness (QED) is 0.652. The van der Waals surface area contributed by atoms with Crippen molar-refractivity contribution in [3.05, 3.63) is 35.4 Å². The van der Waals surface area contributed by atoms with E-state index in [-0.39, 0.29) is 0 Å². The lowest BCUT2D eigenvalue weighted by molar-refractivity contribution is 0.208. The molecule has 1 heterocycles. The van der Waals surface area contributed by atoms with Gasteiger partial charge in [0.2, 0.25) is 0 Å². The fraction of sp³-hybridized carbons (Fsp3) is 0.312. The first-order valence-corrected chi connectivity index (χ1v) is 8.12. The molecule has 2 N–H and O–H groups in total. The molecule has 0 spiro atoms. The van der Waals surface area contributed by atoms with Gasteiger partial charge in [-0.2, -0.15) is 5.26 Å². The monoisotopic (exact) mass is 314 g/mol. The zero-order valence-electron chi connectivity index (χ0n) is 12.8. The maximum Gasteiger partial charge on any atom is 0.189 e. The zero-order valence-corrected chi connectivity index (χ0v) is 13.6. The molecule has 1 atom stereocenters. The molecule has 0 saturated heterocycles. The summed E-state index contributed by atoms with van der Waals surface area (Å²) in [7, 11) is 0. The lowest BCUT2D eigenvalue weighted by Gasteiger charge is -2.13. The maximum atomic E-state index is 9.50. The van der Waals surface area contributed by atoms with Crippen molar-refractivity contribution in [1.29, 1.82) is 5.26 Å². The molecule has 2 aromatic rings. The number of aliphatic hydroxyl groups is 1. The number of rotatable bonds is 5. The summed E-state index contributed by atoms with van der Waals surface area (Å²) in [5, 5.41) is 22.5. The van der Waals surface area contributed by atoms with Crippen molar-refractivity contribution in [3.8, 4) is 17.3 Å². The number of nitrogens with one attached hydrogen (secondary N) is 1. The van der Waals surface area contributed by atoms with E-state index >= 15 is 0 Å². The molecule has 0 unspecified atom stereocenters. The minimum absolute atomic E-state index is 0.326. The predicted molar refractivity (Wildman–Crippen MR) is 88.9 cm³/mol. The van der Waals surface area contributed by atoms with Crippen LogP contribution in [0.2, 0.25) is 0 Å². The fourth-order valence-corrected chi connectivity index (χ4v) is 2.30. The number of hydrogen-bond acceptors (Lipinski definition) is 6. The molecule has 2 rings (SSSR count). The Bertz CT molecular complexity index is 693. The van der Waals surface area contributed by atoms with Gasteiger partial charge in [0.15, 0.2) is 5.16 Å². The molecule has 0 fully saturated rings. The van der Waals surface area contributed by atoms with Gasteiger partial charge in [0.1, 0.15) is 17.5 Å². The van der Waals surface area contributed by atoms with Gasteiger partial charge < -0.3 is 10.4 Å². The van der Waals surface area contributed by atoms with Crippen LogP contribution in [0.1, 0.15) is 18.1 Å². The summed E-state index contributed by atoms with van der Waals surface area (Å²) in [4.78, 5) is 8.82. The number of aryl methyl sites for hydroxylation is 1. The predicted octanol–water partition coefficient (Wildman–Crippen LogP) is 2.84. The second-order valence-electron chi connectivity index (χ2n) is 4.99. The average molecular weight is 314 g/mol. The Morgan fingerprint density at radius 1 is 1.32 bits per heavy atom. The molecule has 0 saturated carbocycles. The van der Waals surface area contributed by atoms with E-state index in [1.807, 2.05) is 37.4 Å². The smallest absolute Gasteiger partial charge is 0.189 e. The summed E-state index contributed by atoms with van der Waals surface area (Å²) in [6.07, 6.45) is 1.36. The maximum absolute atomic E-state index is 9.50. The van der Waals surface area contributed by atoms with Gasteiger partial charge in [-0.1, -0.05) is 41.6 Å². The van der Waals surface area contributed by atoms with Gasteiger partial charge in [0.25, 0.3) is 0 Å². The highest BCUT2D eigenvalue weighted by Gasteiger charge is 2.16. The van der Waals surface area contributed by atoms with E-state index in [2.05, 4.69) is 21.4 Å². The molecule has 5 nitrogen and oxygen atoms in total. The van der Waals surface area contributed by atoms with Crippen molar-refractivity contribution in [2.45, 2.75) is 25.1 Å². The van der Waals surface area contributed by atoms with Gasteiger partial charge >= 0.3 is 0 Å². The summed E-state index contributed by atoms with van der Waals surface area (Å²) < 4.78 is 0. The number of benzene rings is 1. The van der Waals surface area contributed by atoms with Gasteiger partial charge in [0.05, 0.1) is 11.8 Å². The van der Waals surface area contributed by atoms with Crippen LogP contribution in [0.4, 0.5) is 5.82 Å². The summed E-state index contributed by atoms with van der Waals surface area (Å²) >= 11 is 1.41. The van der Waals surface area contributed by atoms with Crippen molar-refractivity contribution in [2.24, 2.45) is 0 Å². The van der Waals surface area contributed by atoms with Crippen LogP contribution in [0.25, 0.3) is 11.3 Å². The number of anilines is 1. The SMILES string of the molecule is CSc1nc(NC[C@@H](C)O)c(C#N)c(-c2ccc(C)cc2)n1. The molecule has 0 aliphatic carbocycles. The van der Waals surface area contributed by atoms with Crippen LogP contribution < -0.4 is 5.32 Å². The molecule has 1 aromatic carbocycles. The Morgan fingerprint density at radius 2 is 2.00 bits per heavy atom. The number of nitrogens with zero attached hydrogens (tertiary/aromatic N) is 3. The second-order valence-corrected chi connectivity index (χ2v) is 5.76. The number of hydrogen-bond donors (Lipinski definition) is 2. The van der Waals surface area contributed by atoms with Gasteiger partial charge in [-0.3, -0.25) is 0 Å². The van der Waals surface area contributed by atoms with Crippen LogP contribution >= 0.6 is 11.8 Å². The van der Waals surface area contributed by atoms with E-state index in [1.165, 1.54) is 11.8 Å². The first kappa shape index (κ1) is 16.3. The Balaban J connectivity index is 2.54. The molecule has 22 heavy (non-hydrogen) atoms. The van der Waals surface area contributed by atoms with Crippen LogP contribution in [0.3, 0.4) is 0 Å². The van der Waals surface area contributed by atoms with E-state index in [1.54, 1.807) is 6.92 Å². The standard InChI is InChI=1S/C16H18N4OS/c1-10-4-6-12(7-5-10)14-13(8-17)15(18-9-11(2)21)20-16(19-14)22-3/h4-7,11,21H,9H2,1-3H3,(H,18,19,20)/t11-/m1/s1. The Labute approximate surface area is 134 Å². The van der Waals surface area contributed by atoms with Crippen molar-refractivity contribution in [3.63, 3.8) is 0 Å². The Morgan fingerprint density at radius 3 is 2.55 bits per heavy atom. The molecule has 0 aliphatic heterocycles. The third-order valence-electron chi connectivity index (χ3n) is 3.07. The lowest BCUT2D eigenvalue weighted by atomic mass is 10.1. The number of aromatic nitrogens is 2. The van der Waals surface area contributed by atoms with E-state index in [9.17, 15) is 10.4 Å². The van der Waals surface area contributed by atoms with Gasteiger partial charge in [-0.15, -0.1) is 0 Å². The highest BCUT2D eigenvalue weighted by molar-refractivity contribution is 7.98. The van der Waals surface area contributed by atoms with Crippen molar-refractivity contribution >= 4 is 17.6 Å². The molecule has 0 bridgehead atoms. The minimum atomic E-state index is -0.526. The topological polar surface area (TPSA) is 81.8 Å². The normalized spacial score (nSPS) is 11.8. The highest BCUT2D eigenvalue weighted by atomic mass is 32.2. The zero-order chi connectivity index (χ0) is 16.1. The number of aliphatic hydroxyl groups excluding tert-OH is 1. The fourth-order valence-electron chi connectivity index (χ4n) is 1.93. The van der Waals surface area contributed by atoms with Crippen molar-refractivity contribution in [2.75, 3.05) is 18.1 Å². The molecule has 0 aliphatic rings. The second kappa shape index (κ2) is 7.25. The summed E-state index contributed by atoms with van der Waals surface area (Å²) in [6, 6.07) is 10.0. The molecule has 0 amide bonds. The molecule has 0 radical (unpaired) electrons. The van der Waals surface area contributed by atoms with Crippen molar-refractivity contribution < 1.29 is 5.11 Å². The summed E-state index contributed by atoms with van der Waals surface area (Å²) in [6.45, 7) is 4.02. The Kier molecular flexibility index (Phi) is 5.36. The van der Waals surface area contributed by atoms with E-state index in [4.69, 9.17) is 0 Å². The van der Waals surface area contributed by atoms with Gasteiger partial charge in [-0.25, -0.2) is 9.97 Å². The number of nitriles is 1. The lowest BCUT2D eigenvalue weighted by Crippen LogP contribution is -2.17. The van der Waals surface area contributed by atoms with Gasteiger partial charge in [-0.05, 0) is 20.1 Å². The Hall–Kier alpha value is -2.10. The van der Waals surface area contributed by atoms with Crippen LogP contribution in [0.15, 0.2) is 29.4 Å². The molecule has 114 valence electrons. The molecular weight excluding hydrogens is 296 g/mol. The van der Waals surface area contributed by atoms with Crippen LogP contribution in [0.5, 0.6) is 0 Å². The first-order chi connectivity index (χ1) is 10.5. The van der Waals surface area contributed by atoms with Crippen LogP contribution in [-0.2, 0) is 0 Å². The first-order valence-electron chi connectivity index (χ1n) is 6.90. The van der Waals surface area contributed by atoms with Crippen LogP contribution in [0, 0.1) is 18.3 Å². The summed E-state index contributed by atoms with van der Waals surface area (Å²) in [5.41, 5.74) is 3.02. The van der Waals surface area contributed by atoms with Crippen molar-refractivity contribution in [1.82, 2.24) is 9.97 Å². The minimum Gasteiger partial charge on any atom is -0.392 e. The number of thioether (sulfide) groups is 1. The van der Waals surface area contributed by atoms with E-state index in [0.717, 1.165) is 11.1 Å². The van der Waals surface area contributed by atoms with E-state index < -0.39 is 6.10 Å².